The molecule has 0 saturated carbocycles. The summed E-state index contributed by atoms with van der Waals surface area (Å²) in [6.07, 6.45) is 8.68. The van der Waals surface area contributed by atoms with E-state index >= 15 is 0 Å². The fraction of sp³-hybridized carbons (Fsp3) is 0.211. The van der Waals surface area contributed by atoms with Crippen molar-refractivity contribution >= 4 is 5.95 Å². The number of hydrogen-bond donors (Lipinski definition) is 2. The maximum Gasteiger partial charge on any atom is 0.219 e. The van der Waals surface area contributed by atoms with Crippen LogP contribution < -0.4 is 5.73 Å². The van der Waals surface area contributed by atoms with Gasteiger partial charge in [-0.25, -0.2) is 9.97 Å². The Balaban J connectivity index is 1.63. The highest BCUT2D eigenvalue weighted by atomic mass is 16.5. The van der Waals surface area contributed by atoms with Crippen LogP contribution in [0.1, 0.15) is 31.0 Å². The second-order valence-electron chi connectivity index (χ2n) is 6.63. The molecule has 0 amide bonds. The number of nitrogen functional groups attached to an aromatic ring is 1. The van der Waals surface area contributed by atoms with Gasteiger partial charge in [-0.2, -0.15) is 5.10 Å². The third-order valence-electron chi connectivity index (χ3n) is 4.41. The van der Waals surface area contributed by atoms with Gasteiger partial charge in [0.2, 0.25) is 5.95 Å². The minimum Gasteiger partial charge on any atom is -0.368 e. The molecule has 0 aliphatic heterocycles. The van der Waals surface area contributed by atoms with Crippen molar-refractivity contribution in [3.63, 3.8) is 0 Å². The van der Waals surface area contributed by atoms with E-state index < -0.39 is 0 Å². The van der Waals surface area contributed by atoms with E-state index in [1.807, 2.05) is 18.3 Å². The van der Waals surface area contributed by atoms with Crippen molar-refractivity contribution in [2.45, 2.75) is 19.8 Å². The first-order valence-electron chi connectivity index (χ1n) is 8.61. The molecule has 136 valence electrons. The van der Waals surface area contributed by atoms with Crippen LogP contribution in [0.25, 0.3) is 22.6 Å². The van der Waals surface area contributed by atoms with Crippen molar-refractivity contribution in [3.05, 3.63) is 60.4 Å². The number of nitrogens with zero attached hydrogens (tertiary/aromatic N) is 5. The molecular weight excluding hydrogens is 342 g/mol. The topological polar surface area (TPSA) is 119 Å². The molecule has 4 aromatic rings. The summed E-state index contributed by atoms with van der Waals surface area (Å²) < 4.78 is 5.51. The number of aromatic amines is 1. The van der Waals surface area contributed by atoms with Gasteiger partial charge in [-0.15, -0.1) is 0 Å². The Kier molecular flexibility index (Phi) is 4.37. The van der Waals surface area contributed by atoms with Crippen LogP contribution in [0, 0.1) is 5.92 Å². The number of nitrogens with one attached hydrogen (secondary N) is 1. The van der Waals surface area contributed by atoms with E-state index in [2.05, 4.69) is 50.2 Å². The Labute approximate surface area is 155 Å². The molecule has 0 saturated heterocycles. The summed E-state index contributed by atoms with van der Waals surface area (Å²) in [6, 6.07) is 5.96. The van der Waals surface area contributed by atoms with Crippen LogP contribution in [0.2, 0.25) is 0 Å². The highest BCUT2D eigenvalue weighted by molar-refractivity contribution is 5.58. The average Bonchev–Trinajstić information content (AvgIpc) is 3.35. The number of pyridine rings is 1. The van der Waals surface area contributed by atoms with E-state index in [1.54, 1.807) is 24.8 Å². The van der Waals surface area contributed by atoms with Gasteiger partial charge in [-0.1, -0.05) is 25.1 Å². The number of aromatic nitrogens is 6. The molecule has 0 aromatic carbocycles. The van der Waals surface area contributed by atoms with Gasteiger partial charge in [0.05, 0.1) is 23.1 Å². The lowest BCUT2D eigenvalue weighted by Gasteiger charge is -2.18. The predicted octanol–water partition coefficient (Wildman–Crippen LogP) is 3.29. The normalized spacial score (nSPS) is 12.4. The summed E-state index contributed by atoms with van der Waals surface area (Å²) >= 11 is 0. The quantitative estimate of drug-likeness (QED) is 0.559. The van der Waals surface area contributed by atoms with E-state index in [9.17, 15) is 0 Å². The lowest BCUT2D eigenvalue weighted by atomic mass is 9.86. The summed E-state index contributed by atoms with van der Waals surface area (Å²) in [7, 11) is 0. The summed E-state index contributed by atoms with van der Waals surface area (Å²) in [5.74, 6) is 1.32. The van der Waals surface area contributed by atoms with Gasteiger partial charge in [-0.3, -0.25) is 10.1 Å². The van der Waals surface area contributed by atoms with Crippen molar-refractivity contribution in [1.82, 2.24) is 30.3 Å². The molecule has 0 bridgehead atoms. The average molecular weight is 361 g/mol. The number of nitrogens with two attached hydrogens (primary N) is 1. The molecule has 0 aliphatic carbocycles. The number of H-pyrrole nitrogens is 1. The summed E-state index contributed by atoms with van der Waals surface area (Å²) in [5, 5.41) is 11.0. The SMILES string of the molecule is CC(C)C(c1ccc(-c2cnc(N)nc2)nc1)c1cc(-c2cn[nH]c2)on1. The number of anilines is 1. The van der Waals surface area contributed by atoms with Crippen LogP contribution in [-0.2, 0) is 0 Å². The van der Waals surface area contributed by atoms with Crippen molar-refractivity contribution in [2.75, 3.05) is 5.73 Å². The maximum absolute atomic E-state index is 5.54. The first-order valence-corrected chi connectivity index (χ1v) is 8.61. The van der Waals surface area contributed by atoms with Crippen molar-refractivity contribution in [3.8, 4) is 22.6 Å². The van der Waals surface area contributed by atoms with Crippen molar-refractivity contribution in [2.24, 2.45) is 5.92 Å². The van der Waals surface area contributed by atoms with Gasteiger partial charge in [0.15, 0.2) is 5.76 Å². The van der Waals surface area contributed by atoms with Gasteiger partial charge in [0.25, 0.3) is 0 Å². The smallest absolute Gasteiger partial charge is 0.219 e. The highest BCUT2D eigenvalue weighted by Crippen LogP contribution is 2.33. The fourth-order valence-corrected chi connectivity index (χ4v) is 3.08. The molecule has 4 aromatic heterocycles. The Bertz CT molecular complexity index is 1010. The Morgan fingerprint density at radius 3 is 2.44 bits per heavy atom. The van der Waals surface area contributed by atoms with Crippen molar-refractivity contribution in [1.29, 1.82) is 0 Å². The van der Waals surface area contributed by atoms with Crippen LogP contribution in [0.5, 0.6) is 0 Å². The summed E-state index contributed by atoms with van der Waals surface area (Å²) in [4.78, 5) is 12.6. The lowest BCUT2D eigenvalue weighted by molar-refractivity contribution is 0.409. The molecule has 0 aliphatic rings. The van der Waals surface area contributed by atoms with E-state index in [0.717, 1.165) is 28.1 Å². The maximum atomic E-state index is 5.54. The van der Waals surface area contributed by atoms with Gasteiger partial charge in [-0.05, 0) is 17.5 Å². The molecule has 3 N–H and O–H groups in total. The predicted molar refractivity (Wildman–Crippen MR) is 100 cm³/mol. The molecular formula is C19H19N7O. The molecule has 1 atom stereocenters. The highest BCUT2D eigenvalue weighted by Gasteiger charge is 2.23. The molecule has 4 rings (SSSR count). The first kappa shape index (κ1) is 16.9. The first-order chi connectivity index (χ1) is 13.1. The Hall–Kier alpha value is -3.55. The molecule has 1 unspecified atom stereocenters. The monoisotopic (exact) mass is 361 g/mol. The van der Waals surface area contributed by atoms with E-state index in [-0.39, 0.29) is 11.9 Å². The van der Waals surface area contributed by atoms with E-state index in [0.29, 0.717) is 11.7 Å². The molecule has 8 nitrogen and oxygen atoms in total. The number of hydrogen-bond acceptors (Lipinski definition) is 7. The van der Waals surface area contributed by atoms with Gasteiger partial charge < -0.3 is 10.3 Å². The third-order valence-corrected chi connectivity index (χ3v) is 4.41. The summed E-state index contributed by atoms with van der Waals surface area (Å²) in [5.41, 5.74) is 9.95. The van der Waals surface area contributed by atoms with Crippen LogP contribution in [0.15, 0.2) is 53.7 Å². The second kappa shape index (κ2) is 6.99. The largest absolute Gasteiger partial charge is 0.368 e. The molecule has 0 fully saturated rings. The van der Waals surface area contributed by atoms with Crippen LogP contribution in [0.3, 0.4) is 0 Å². The molecule has 0 spiro atoms. The Morgan fingerprint density at radius 2 is 1.81 bits per heavy atom. The zero-order valence-electron chi connectivity index (χ0n) is 15.0. The van der Waals surface area contributed by atoms with E-state index in [4.69, 9.17) is 10.3 Å². The van der Waals surface area contributed by atoms with Crippen molar-refractivity contribution < 1.29 is 4.52 Å². The Morgan fingerprint density at radius 1 is 1.00 bits per heavy atom. The van der Waals surface area contributed by atoms with Crippen LogP contribution in [0.4, 0.5) is 5.95 Å². The fourth-order valence-electron chi connectivity index (χ4n) is 3.08. The third kappa shape index (κ3) is 3.41. The molecule has 8 heteroatoms. The van der Waals surface area contributed by atoms with Gasteiger partial charge >= 0.3 is 0 Å². The van der Waals surface area contributed by atoms with Gasteiger partial charge in [0.1, 0.15) is 0 Å². The van der Waals surface area contributed by atoms with Gasteiger partial charge in [0, 0.05) is 42.3 Å². The molecule has 4 heterocycles. The lowest BCUT2D eigenvalue weighted by Crippen LogP contribution is -2.09. The minimum atomic E-state index is 0.0682. The summed E-state index contributed by atoms with van der Waals surface area (Å²) in [6.45, 7) is 4.30. The molecule has 27 heavy (non-hydrogen) atoms. The molecule has 0 radical (unpaired) electrons. The zero-order chi connectivity index (χ0) is 18.8. The number of rotatable bonds is 5. The minimum absolute atomic E-state index is 0.0682. The zero-order valence-corrected chi connectivity index (χ0v) is 15.0. The second-order valence-corrected chi connectivity index (χ2v) is 6.63. The van der Waals surface area contributed by atoms with Crippen LogP contribution >= 0.6 is 0 Å². The van der Waals surface area contributed by atoms with E-state index in [1.165, 1.54) is 0 Å². The van der Waals surface area contributed by atoms with Crippen LogP contribution in [-0.4, -0.2) is 30.3 Å². The standard InChI is InChI=1S/C19H19N7O/c1-11(2)18(16-5-17(27-26-16)14-9-24-25-10-14)12-3-4-15(21-6-12)13-7-22-19(20)23-8-13/h3-11,18H,1-2H3,(H,24,25)(H2,20,22,23).